The third-order valence-electron chi connectivity index (χ3n) is 2.97. The normalized spacial score (nSPS) is 12.3. The average molecular weight is 228 g/mol. The molecule has 1 nitrogen and oxygen atoms in total. The Morgan fingerprint density at radius 1 is 1.07 bits per heavy atom. The van der Waals surface area contributed by atoms with E-state index in [2.05, 4.69) is 38.1 Å². The summed E-state index contributed by atoms with van der Waals surface area (Å²) in [4.78, 5) is 0. The molecule has 1 atom stereocenters. The van der Waals surface area contributed by atoms with E-state index >= 15 is 0 Å². The Balaban J connectivity index is 0.00000196. The molecule has 0 aromatic heterocycles. The molecule has 0 spiro atoms. The van der Waals surface area contributed by atoms with Gasteiger partial charge >= 0.3 is 0 Å². The van der Waals surface area contributed by atoms with Crippen LogP contribution in [0.5, 0.6) is 0 Å². The molecule has 2 N–H and O–H groups in total. The number of hydrogen-bond donors (Lipinski definition) is 1. The quantitative estimate of drug-likeness (QED) is 0.811. The number of rotatable bonds is 5. The molecule has 0 saturated carbocycles. The molecule has 1 unspecified atom stereocenters. The van der Waals surface area contributed by atoms with Gasteiger partial charge in [-0.15, -0.1) is 12.4 Å². The zero-order chi connectivity index (χ0) is 10.4. The first kappa shape index (κ1) is 14.5. The summed E-state index contributed by atoms with van der Waals surface area (Å²) in [7, 11) is 0. The maximum atomic E-state index is 6.15. The maximum absolute atomic E-state index is 6.15. The number of benzene rings is 1. The lowest BCUT2D eigenvalue weighted by Crippen LogP contribution is -2.14. The zero-order valence-corrected chi connectivity index (χ0v) is 10.5. The van der Waals surface area contributed by atoms with Crippen LogP contribution >= 0.6 is 12.4 Å². The molecule has 0 fully saturated rings. The lowest BCUT2D eigenvalue weighted by molar-refractivity contribution is 0.414. The van der Waals surface area contributed by atoms with E-state index in [0.717, 1.165) is 12.3 Å². The Kier molecular flexibility index (Phi) is 7.45. The fourth-order valence-corrected chi connectivity index (χ4v) is 1.82. The Bertz CT molecular complexity index is 244. The van der Waals surface area contributed by atoms with Crippen molar-refractivity contribution in [2.45, 2.75) is 39.2 Å². The summed E-state index contributed by atoms with van der Waals surface area (Å²) in [6, 6.07) is 10.6. The molecule has 86 valence electrons. The number of nitrogens with two attached hydrogens (primary N) is 1. The molecule has 1 aromatic rings. The van der Waals surface area contributed by atoms with Gasteiger partial charge in [0.1, 0.15) is 0 Å². The second-order valence-electron chi connectivity index (χ2n) is 3.94. The van der Waals surface area contributed by atoms with Crippen molar-refractivity contribution in [2.75, 3.05) is 0 Å². The van der Waals surface area contributed by atoms with Gasteiger partial charge in [0.15, 0.2) is 0 Å². The van der Waals surface area contributed by atoms with Gasteiger partial charge in [-0.25, -0.2) is 0 Å². The Morgan fingerprint density at radius 3 is 2.07 bits per heavy atom. The third-order valence-corrected chi connectivity index (χ3v) is 2.97. The summed E-state index contributed by atoms with van der Waals surface area (Å²) in [6.07, 6.45) is 3.57. The highest BCUT2D eigenvalue weighted by atomic mass is 35.5. The lowest BCUT2D eigenvalue weighted by Gasteiger charge is -2.18. The predicted octanol–water partition coefficient (Wildman–Crippen LogP) is 3.93. The molecule has 0 aliphatic carbocycles. The van der Waals surface area contributed by atoms with Crippen molar-refractivity contribution in [3.63, 3.8) is 0 Å². The van der Waals surface area contributed by atoms with Crippen LogP contribution in [-0.4, -0.2) is 0 Å². The van der Waals surface area contributed by atoms with E-state index < -0.39 is 0 Å². The van der Waals surface area contributed by atoms with Crippen molar-refractivity contribution in [1.82, 2.24) is 0 Å². The zero-order valence-electron chi connectivity index (χ0n) is 9.65. The van der Waals surface area contributed by atoms with Gasteiger partial charge in [-0.3, -0.25) is 0 Å². The van der Waals surface area contributed by atoms with Gasteiger partial charge in [-0.05, 0) is 17.9 Å². The molecule has 0 bridgehead atoms. The molecule has 0 heterocycles. The number of hydrogen-bond acceptors (Lipinski definition) is 1. The van der Waals surface area contributed by atoms with Crippen molar-refractivity contribution in [2.24, 2.45) is 11.7 Å². The van der Waals surface area contributed by atoms with Crippen LogP contribution in [-0.2, 0) is 0 Å². The van der Waals surface area contributed by atoms with E-state index in [0.29, 0.717) is 0 Å². The molecule has 0 amide bonds. The van der Waals surface area contributed by atoms with Crippen LogP contribution in [0.25, 0.3) is 0 Å². The fraction of sp³-hybridized carbons (Fsp3) is 0.538. The van der Waals surface area contributed by atoms with E-state index in [1.54, 1.807) is 0 Å². The summed E-state index contributed by atoms with van der Waals surface area (Å²) in [5, 5.41) is 0. The first-order chi connectivity index (χ1) is 6.77. The van der Waals surface area contributed by atoms with Crippen molar-refractivity contribution in [3.8, 4) is 0 Å². The topological polar surface area (TPSA) is 26.0 Å². The predicted molar refractivity (Wildman–Crippen MR) is 69.3 cm³/mol. The van der Waals surface area contributed by atoms with E-state index in [-0.39, 0.29) is 18.4 Å². The average Bonchev–Trinajstić information content (AvgIpc) is 2.26. The van der Waals surface area contributed by atoms with Gasteiger partial charge in [-0.1, -0.05) is 57.0 Å². The molecule has 1 aromatic carbocycles. The smallest absolute Gasteiger partial charge is 0.0297 e. The van der Waals surface area contributed by atoms with Crippen molar-refractivity contribution in [1.29, 1.82) is 0 Å². The van der Waals surface area contributed by atoms with Gasteiger partial charge in [0, 0.05) is 6.04 Å². The second-order valence-corrected chi connectivity index (χ2v) is 3.94. The van der Waals surface area contributed by atoms with E-state index in [1.165, 1.54) is 18.4 Å². The van der Waals surface area contributed by atoms with Gasteiger partial charge in [0.05, 0.1) is 0 Å². The summed E-state index contributed by atoms with van der Waals surface area (Å²) in [5.74, 6) is 0.769. The molecule has 15 heavy (non-hydrogen) atoms. The molecular formula is C13H22ClN. The van der Waals surface area contributed by atoms with Gasteiger partial charge in [0.2, 0.25) is 0 Å². The van der Waals surface area contributed by atoms with Crippen molar-refractivity contribution >= 4 is 12.4 Å². The summed E-state index contributed by atoms with van der Waals surface area (Å²) < 4.78 is 0. The number of halogens is 1. The van der Waals surface area contributed by atoms with Crippen molar-refractivity contribution in [3.05, 3.63) is 35.9 Å². The van der Waals surface area contributed by atoms with E-state index in [1.807, 2.05) is 6.07 Å². The highest BCUT2D eigenvalue weighted by Gasteiger charge is 2.11. The van der Waals surface area contributed by atoms with Crippen molar-refractivity contribution < 1.29 is 0 Å². The highest BCUT2D eigenvalue weighted by Crippen LogP contribution is 2.22. The minimum atomic E-state index is 0. The van der Waals surface area contributed by atoms with Gasteiger partial charge in [0.25, 0.3) is 0 Å². The SMILES string of the molecule is CCC(CC)CC(N)c1ccccc1.Cl. The molecule has 1 rings (SSSR count). The molecule has 0 saturated heterocycles. The molecule has 2 heteroatoms. The standard InChI is InChI=1S/C13H21N.ClH/c1-3-11(4-2)10-13(14)12-8-6-5-7-9-12;/h5-9,11,13H,3-4,10,14H2,1-2H3;1H. The highest BCUT2D eigenvalue weighted by molar-refractivity contribution is 5.85. The van der Waals surface area contributed by atoms with Gasteiger partial charge in [-0.2, -0.15) is 0 Å². The van der Waals surface area contributed by atoms with Crippen LogP contribution < -0.4 is 5.73 Å². The van der Waals surface area contributed by atoms with Crippen LogP contribution in [0.4, 0.5) is 0 Å². The van der Waals surface area contributed by atoms with Crippen LogP contribution in [0.1, 0.15) is 44.7 Å². The fourth-order valence-electron chi connectivity index (χ4n) is 1.82. The summed E-state index contributed by atoms with van der Waals surface area (Å²) in [5.41, 5.74) is 7.41. The Labute approximate surface area is 99.5 Å². The minimum absolute atomic E-state index is 0. The molecule has 0 radical (unpaired) electrons. The molecule has 0 aliphatic rings. The van der Waals surface area contributed by atoms with Gasteiger partial charge < -0.3 is 5.73 Å². The minimum Gasteiger partial charge on any atom is -0.324 e. The van der Waals surface area contributed by atoms with Crippen LogP contribution in [0, 0.1) is 5.92 Å². The molecular weight excluding hydrogens is 206 g/mol. The van der Waals surface area contributed by atoms with Crippen LogP contribution in [0.3, 0.4) is 0 Å². The Morgan fingerprint density at radius 2 is 1.60 bits per heavy atom. The monoisotopic (exact) mass is 227 g/mol. The first-order valence-corrected chi connectivity index (χ1v) is 5.58. The third kappa shape index (κ3) is 4.67. The molecule has 0 aliphatic heterocycles. The van der Waals surface area contributed by atoms with Crippen LogP contribution in [0.2, 0.25) is 0 Å². The maximum Gasteiger partial charge on any atom is 0.0297 e. The van der Waals surface area contributed by atoms with E-state index in [9.17, 15) is 0 Å². The van der Waals surface area contributed by atoms with Crippen LogP contribution in [0.15, 0.2) is 30.3 Å². The Hall–Kier alpha value is -0.530. The van der Waals surface area contributed by atoms with E-state index in [4.69, 9.17) is 5.73 Å². The first-order valence-electron chi connectivity index (χ1n) is 5.58. The summed E-state index contributed by atoms with van der Waals surface area (Å²) >= 11 is 0. The summed E-state index contributed by atoms with van der Waals surface area (Å²) in [6.45, 7) is 4.48. The largest absolute Gasteiger partial charge is 0.324 e. The lowest BCUT2D eigenvalue weighted by atomic mass is 9.92. The second kappa shape index (κ2) is 7.72.